The molecule has 2 aromatic carbocycles. The smallest absolute Gasteiger partial charge is 0.416 e. The van der Waals surface area contributed by atoms with Gasteiger partial charge in [-0.15, -0.1) is 0 Å². The molecule has 1 aromatic heterocycles. The van der Waals surface area contributed by atoms with Crippen molar-refractivity contribution in [2.24, 2.45) is 0 Å². The van der Waals surface area contributed by atoms with Crippen molar-refractivity contribution in [3.8, 4) is 11.3 Å². The molecule has 0 bridgehead atoms. The number of anilines is 2. The zero-order valence-electron chi connectivity index (χ0n) is 16.0. The van der Waals surface area contributed by atoms with E-state index in [1.54, 1.807) is 25.2 Å². The summed E-state index contributed by atoms with van der Waals surface area (Å²) in [4.78, 5) is 18.1. The van der Waals surface area contributed by atoms with Crippen molar-refractivity contribution in [1.82, 2.24) is 4.98 Å². The highest BCUT2D eigenvalue weighted by atomic mass is 19.4. The Labute approximate surface area is 166 Å². The predicted molar refractivity (Wildman–Crippen MR) is 105 cm³/mol. The van der Waals surface area contributed by atoms with Crippen LogP contribution in [0.3, 0.4) is 0 Å². The summed E-state index contributed by atoms with van der Waals surface area (Å²) in [6, 6.07) is 12.7. The molecular weight excluding hydrogens is 383 g/mol. The molecule has 5 nitrogen and oxygen atoms in total. The maximum absolute atomic E-state index is 13.0. The lowest BCUT2D eigenvalue weighted by molar-refractivity contribution is -0.137. The van der Waals surface area contributed by atoms with Gasteiger partial charge in [-0.3, -0.25) is 4.79 Å². The molecule has 0 fully saturated rings. The van der Waals surface area contributed by atoms with E-state index in [0.29, 0.717) is 17.3 Å². The number of hydrogen-bond donors (Lipinski definition) is 1. The van der Waals surface area contributed by atoms with E-state index in [-0.39, 0.29) is 18.5 Å². The highest BCUT2D eigenvalue weighted by Crippen LogP contribution is 2.35. The summed E-state index contributed by atoms with van der Waals surface area (Å²) in [5, 5.41) is 2.56. The van der Waals surface area contributed by atoms with Crippen LogP contribution < -0.4 is 10.2 Å². The standard InChI is InChI=1S/C21H20F3N3O2/c1-27(2)17-9-8-15(21(22,23)24)12-16(17)26-19(28)10-11-20-25-13-18(29-20)14-6-4-3-5-7-14/h3-9,12-13H,10-11H2,1-2H3,(H,26,28). The quantitative estimate of drug-likeness (QED) is 0.629. The molecule has 0 aliphatic rings. The molecule has 0 aliphatic carbocycles. The van der Waals surface area contributed by atoms with Gasteiger partial charge in [0, 0.05) is 32.5 Å². The second kappa shape index (κ2) is 8.38. The van der Waals surface area contributed by atoms with Gasteiger partial charge in [0.1, 0.15) is 0 Å². The molecule has 3 rings (SSSR count). The summed E-state index contributed by atoms with van der Waals surface area (Å²) in [6.07, 6.45) is -2.65. The Morgan fingerprint density at radius 2 is 1.86 bits per heavy atom. The van der Waals surface area contributed by atoms with E-state index in [9.17, 15) is 18.0 Å². The third-order valence-corrected chi connectivity index (χ3v) is 4.26. The highest BCUT2D eigenvalue weighted by Gasteiger charge is 2.31. The van der Waals surface area contributed by atoms with E-state index in [1.807, 2.05) is 30.3 Å². The van der Waals surface area contributed by atoms with Gasteiger partial charge in [-0.2, -0.15) is 13.2 Å². The Morgan fingerprint density at radius 3 is 2.52 bits per heavy atom. The first-order valence-corrected chi connectivity index (χ1v) is 8.92. The molecule has 0 radical (unpaired) electrons. The van der Waals surface area contributed by atoms with Gasteiger partial charge >= 0.3 is 6.18 Å². The number of rotatable bonds is 6. The molecule has 152 valence electrons. The first kappa shape index (κ1) is 20.4. The summed E-state index contributed by atoms with van der Waals surface area (Å²) in [7, 11) is 3.38. The molecule has 1 N–H and O–H groups in total. The lowest BCUT2D eigenvalue weighted by Crippen LogP contribution is -2.18. The number of nitrogens with one attached hydrogen (secondary N) is 1. The van der Waals surface area contributed by atoms with Crippen molar-refractivity contribution in [1.29, 1.82) is 0 Å². The molecule has 29 heavy (non-hydrogen) atoms. The first-order valence-electron chi connectivity index (χ1n) is 8.92. The fraction of sp³-hybridized carbons (Fsp3) is 0.238. The highest BCUT2D eigenvalue weighted by molar-refractivity contribution is 5.94. The maximum Gasteiger partial charge on any atom is 0.416 e. The number of alkyl halides is 3. The van der Waals surface area contributed by atoms with Crippen molar-refractivity contribution in [3.05, 3.63) is 66.2 Å². The van der Waals surface area contributed by atoms with Crippen molar-refractivity contribution < 1.29 is 22.4 Å². The lowest BCUT2D eigenvalue weighted by Gasteiger charge is -2.19. The van der Waals surface area contributed by atoms with E-state index < -0.39 is 17.6 Å². The van der Waals surface area contributed by atoms with Crippen LogP contribution in [0.15, 0.2) is 59.1 Å². The number of benzene rings is 2. The van der Waals surface area contributed by atoms with Crippen LogP contribution in [0, 0.1) is 0 Å². The van der Waals surface area contributed by atoms with Crippen molar-refractivity contribution in [3.63, 3.8) is 0 Å². The van der Waals surface area contributed by atoms with Crippen LogP contribution in [0.5, 0.6) is 0 Å². The number of amides is 1. The van der Waals surface area contributed by atoms with Crippen LogP contribution in [0.25, 0.3) is 11.3 Å². The molecule has 0 aliphatic heterocycles. The van der Waals surface area contributed by atoms with Gasteiger partial charge in [-0.05, 0) is 18.2 Å². The zero-order chi connectivity index (χ0) is 21.0. The van der Waals surface area contributed by atoms with Crippen LogP contribution in [0.1, 0.15) is 17.9 Å². The van der Waals surface area contributed by atoms with E-state index in [2.05, 4.69) is 10.3 Å². The third-order valence-electron chi connectivity index (χ3n) is 4.26. The fourth-order valence-electron chi connectivity index (χ4n) is 2.80. The summed E-state index contributed by atoms with van der Waals surface area (Å²) in [5.41, 5.74) is 0.634. The minimum absolute atomic E-state index is 0.0257. The largest absolute Gasteiger partial charge is 0.441 e. The fourth-order valence-corrected chi connectivity index (χ4v) is 2.80. The number of hydrogen-bond acceptors (Lipinski definition) is 4. The van der Waals surface area contributed by atoms with Crippen LogP contribution in [-0.2, 0) is 17.4 Å². The minimum Gasteiger partial charge on any atom is -0.441 e. The molecule has 0 saturated carbocycles. The molecule has 0 spiro atoms. The molecule has 0 unspecified atom stereocenters. The Morgan fingerprint density at radius 1 is 1.14 bits per heavy atom. The first-order chi connectivity index (χ1) is 13.7. The normalized spacial score (nSPS) is 11.3. The molecule has 0 atom stereocenters. The van der Waals surface area contributed by atoms with Gasteiger partial charge in [-0.25, -0.2) is 4.98 Å². The Kier molecular flexibility index (Phi) is 5.91. The monoisotopic (exact) mass is 403 g/mol. The van der Waals surface area contributed by atoms with Crippen molar-refractivity contribution in [2.75, 3.05) is 24.3 Å². The summed E-state index contributed by atoms with van der Waals surface area (Å²) in [6.45, 7) is 0. The predicted octanol–water partition coefficient (Wildman–Crippen LogP) is 5.00. The van der Waals surface area contributed by atoms with Gasteiger partial charge in [0.05, 0.1) is 23.1 Å². The Balaban J connectivity index is 1.67. The number of oxazole rings is 1. The van der Waals surface area contributed by atoms with Crippen molar-refractivity contribution >= 4 is 17.3 Å². The molecular formula is C21H20F3N3O2. The number of aromatic nitrogens is 1. The van der Waals surface area contributed by atoms with Crippen LogP contribution >= 0.6 is 0 Å². The molecule has 1 amide bonds. The lowest BCUT2D eigenvalue weighted by atomic mass is 10.1. The van der Waals surface area contributed by atoms with Gasteiger partial charge < -0.3 is 14.6 Å². The van der Waals surface area contributed by atoms with Gasteiger partial charge in [0.15, 0.2) is 11.7 Å². The van der Waals surface area contributed by atoms with Gasteiger partial charge in [0.25, 0.3) is 0 Å². The van der Waals surface area contributed by atoms with Crippen LogP contribution in [-0.4, -0.2) is 25.0 Å². The van der Waals surface area contributed by atoms with E-state index in [1.165, 1.54) is 6.07 Å². The van der Waals surface area contributed by atoms with Gasteiger partial charge in [-0.1, -0.05) is 30.3 Å². The van der Waals surface area contributed by atoms with E-state index in [0.717, 1.165) is 17.7 Å². The number of nitrogens with zero attached hydrogens (tertiary/aromatic N) is 2. The summed E-state index contributed by atoms with van der Waals surface area (Å²) in [5.74, 6) is 0.552. The molecule has 8 heteroatoms. The summed E-state index contributed by atoms with van der Waals surface area (Å²) >= 11 is 0. The Hall–Kier alpha value is -3.29. The average Bonchev–Trinajstić information content (AvgIpc) is 3.15. The van der Waals surface area contributed by atoms with E-state index in [4.69, 9.17) is 4.42 Å². The third kappa shape index (κ3) is 5.16. The number of halogens is 3. The van der Waals surface area contributed by atoms with Crippen LogP contribution in [0.2, 0.25) is 0 Å². The van der Waals surface area contributed by atoms with E-state index >= 15 is 0 Å². The average molecular weight is 403 g/mol. The molecule has 3 aromatic rings. The molecule has 1 heterocycles. The molecule has 0 saturated heterocycles. The number of aryl methyl sites for hydroxylation is 1. The second-order valence-corrected chi connectivity index (χ2v) is 6.66. The topological polar surface area (TPSA) is 58.4 Å². The SMILES string of the molecule is CN(C)c1ccc(C(F)(F)F)cc1NC(=O)CCc1ncc(-c2ccccc2)o1. The zero-order valence-corrected chi connectivity index (χ0v) is 16.0. The van der Waals surface area contributed by atoms with Crippen molar-refractivity contribution in [2.45, 2.75) is 19.0 Å². The maximum atomic E-state index is 13.0. The Bertz CT molecular complexity index is 982. The second-order valence-electron chi connectivity index (χ2n) is 6.66. The van der Waals surface area contributed by atoms with Gasteiger partial charge in [0.2, 0.25) is 5.91 Å². The van der Waals surface area contributed by atoms with Crippen LogP contribution in [0.4, 0.5) is 24.5 Å². The summed E-state index contributed by atoms with van der Waals surface area (Å²) < 4.78 is 44.7. The number of carbonyl (C=O) groups excluding carboxylic acids is 1. The minimum atomic E-state index is -4.49. The number of carbonyl (C=O) groups is 1.